The first-order valence-corrected chi connectivity index (χ1v) is 9.44. The number of aromatic nitrogens is 1. The maximum atomic E-state index is 13.0. The molecule has 0 amide bonds. The normalized spacial score (nSPS) is 13.6. The fourth-order valence-corrected chi connectivity index (χ4v) is 3.62. The first-order valence-electron chi connectivity index (χ1n) is 9.44. The van der Waals surface area contributed by atoms with Crippen molar-refractivity contribution >= 4 is 28.7 Å². The topological polar surface area (TPSA) is 128 Å². The van der Waals surface area contributed by atoms with Gasteiger partial charge in [0, 0.05) is 28.3 Å². The van der Waals surface area contributed by atoms with Crippen molar-refractivity contribution < 1.29 is 13.6 Å². The molecule has 0 atom stereocenters. The third kappa shape index (κ3) is 2.89. The Morgan fingerprint density at radius 1 is 0.938 bits per heavy atom. The molecule has 0 saturated carbocycles. The van der Waals surface area contributed by atoms with Gasteiger partial charge in [-0.15, -0.1) is 0 Å². The van der Waals surface area contributed by atoms with Crippen molar-refractivity contribution in [1.82, 2.24) is 4.98 Å². The van der Waals surface area contributed by atoms with Crippen LogP contribution in [0.3, 0.4) is 0 Å². The molecule has 4 aromatic rings. The first kappa shape index (κ1) is 18.8. The van der Waals surface area contributed by atoms with Gasteiger partial charge in [-0.25, -0.2) is 0 Å². The third-order valence-corrected chi connectivity index (χ3v) is 5.08. The summed E-state index contributed by atoms with van der Waals surface area (Å²) >= 11 is 0. The Bertz CT molecular complexity index is 1560. The minimum absolute atomic E-state index is 0.147. The molecule has 0 aliphatic heterocycles. The molecule has 1 aliphatic rings. The predicted molar refractivity (Wildman–Crippen MR) is 113 cm³/mol. The molecule has 32 heavy (non-hydrogen) atoms. The second-order valence-corrected chi connectivity index (χ2v) is 6.93. The minimum atomic E-state index is -0.294. The van der Waals surface area contributed by atoms with E-state index in [1.54, 1.807) is 54.6 Å². The van der Waals surface area contributed by atoms with Gasteiger partial charge in [-0.05, 0) is 35.9 Å². The number of fused-ring (bicyclic) bond motifs is 2. The number of allylic oxidation sites excluding steroid dienone is 3. The van der Waals surface area contributed by atoms with Crippen molar-refractivity contribution in [3.63, 3.8) is 0 Å². The molecule has 0 spiro atoms. The van der Waals surface area contributed by atoms with Gasteiger partial charge in [-0.3, -0.25) is 4.79 Å². The Morgan fingerprint density at radius 2 is 1.66 bits per heavy atom. The van der Waals surface area contributed by atoms with Crippen LogP contribution in [0.5, 0.6) is 0 Å². The average molecular weight is 414 g/mol. The number of rotatable bonds is 2. The zero-order valence-corrected chi connectivity index (χ0v) is 16.3. The highest BCUT2D eigenvalue weighted by Crippen LogP contribution is 2.40. The summed E-state index contributed by atoms with van der Waals surface area (Å²) in [7, 11) is 0. The molecule has 0 bridgehead atoms. The van der Waals surface area contributed by atoms with E-state index in [1.807, 2.05) is 12.1 Å². The molecule has 148 valence electrons. The molecule has 7 nitrogen and oxygen atoms in total. The quantitative estimate of drug-likeness (QED) is 0.332. The number of hydrogen-bond donors (Lipinski definition) is 0. The number of nitriles is 3. The summed E-state index contributed by atoms with van der Waals surface area (Å²) in [5.74, 6) is 0.350. The van der Waals surface area contributed by atoms with Crippen LogP contribution in [0, 0.1) is 34.0 Å². The fraction of sp³-hybridized carbons (Fsp3) is 0. The molecule has 7 heteroatoms. The van der Waals surface area contributed by atoms with E-state index in [-0.39, 0.29) is 28.2 Å². The lowest BCUT2D eigenvalue weighted by Crippen LogP contribution is -1.95. The number of furan rings is 1. The van der Waals surface area contributed by atoms with E-state index in [4.69, 9.17) is 14.1 Å². The van der Waals surface area contributed by atoms with Crippen LogP contribution in [-0.2, 0) is 0 Å². The number of nitrogens with zero attached hydrogens (tertiary/aromatic N) is 4. The van der Waals surface area contributed by atoms with Gasteiger partial charge in [0.25, 0.3) is 5.71 Å². The summed E-state index contributed by atoms with van der Waals surface area (Å²) in [6, 6.07) is 21.0. The molecule has 5 rings (SSSR count). The van der Waals surface area contributed by atoms with Gasteiger partial charge in [0.05, 0.1) is 11.6 Å². The van der Waals surface area contributed by atoms with E-state index in [0.29, 0.717) is 39.5 Å². The van der Waals surface area contributed by atoms with E-state index in [0.717, 1.165) is 0 Å². The van der Waals surface area contributed by atoms with Crippen LogP contribution in [0.15, 0.2) is 74.6 Å². The highest BCUT2D eigenvalue weighted by Gasteiger charge is 2.32. The van der Waals surface area contributed by atoms with Crippen molar-refractivity contribution in [2.75, 3.05) is 0 Å². The van der Waals surface area contributed by atoms with Gasteiger partial charge >= 0.3 is 0 Å². The van der Waals surface area contributed by atoms with E-state index in [9.17, 15) is 15.3 Å². The number of carbonyl (C=O) groups is 1. The Morgan fingerprint density at radius 3 is 2.31 bits per heavy atom. The number of benzene rings is 2. The lowest BCUT2D eigenvalue weighted by atomic mass is 9.99. The van der Waals surface area contributed by atoms with E-state index in [2.05, 4.69) is 11.1 Å². The number of ketones is 1. The van der Waals surface area contributed by atoms with Crippen LogP contribution in [0.2, 0.25) is 0 Å². The summed E-state index contributed by atoms with van der Waals surface area (Å²) < 4.78 is 11.5. The van der Waals surface area contributed by atoms with Gasteiger partial charge in [-0.1, -0.05) is 24.3 Å². The van der Waals surface area contributed by atoms with E-state index < -0.39 is 0 Å². The molecule has 2 aromatic carbocycles. The van der Waals surface area contributed by atoms with Gasteiger partial charge in [0.2, 0.25) is 5.89 Å². The first-order chi connectivity index (χ1) is 15.6. The Kier molecular flexibility index (Phi) is 4.26. The monoisotopic (exact) mass is 414 g/mol. The van der Waals surface area contributed by atoms with Crippen molar-refractivity contribution in [2.45, 2.75) is 0 Å². The van der Waals surface area contributed by atoms with E-state index in [1.165, 1.54) is 6.08 Å². The third-order valence-electron chi connectivity index (χ3n) is 5.08. The highest BCUT2D eigenvalue weighted by atomic mass is 16.4. The number of carbonyl (C=O) groups excluding carboxylic acids is 1. The summed E-state index contributed by atoms with van der Waals surface area (Å²) in [6.45, 7) is 0. The summed E-state index contributed by atoms with van der Waals surface area (Å²) in [6.07, 6.45) is 1.49. The molecule has 0 unspecified atom stereocenters. The van der Waals surface area contributed by atoms with Crippen molar-refractivity contribution in [1.29, 1.82) is 15.8 Å². The van der Waals surface area contributed by atoms with Gasteiger partial charge < -0.3 is 8.83 Å². The molecule has 2 heterocycles. The Balaban J connectivity index is 1.58. The molecule has 0 saturated heterocycles. The summed E-state index contributed by atoms with van der Waals surface area (Å²) in [5.41, 5.74) is 3.14. The maximum absolute atomic E-state index is 13.0. The van der Waals surface area contributed by atoms with Crippen LogP contribution in [0.25, 0.3) is 34.4 Å². The lowest BCUT2D eigenvalue weighted by Gasteiger charge is -2.00. The largest absolute Gasteiger partial charge is 0.436 e. The average Bonchev–Trinajstić information content (AvgIpc) is 3.47. The molecule has 0 radical (unpaired) electrons. The van der Waals surface area contributed by atoms with Gasteiger partial charge in [-0.2, -0.15) is 20.8 Å². The zero-order chi connectivity index (χ0) is 22.2. The maximum Gasteiger partial charge on any atom is 0.266 e. The number of hydrogen-bond acceptors (Lipinski definition) is 7. The van der Waals surface area contributed by atoms with Crippen molar-refractivity contribution in [3.05, 3.63) is 88.2 Å². The molecule has 1 aliphatic carbocycles. The molecule has 0 N–H and O–H groups in total. The van der Waals surface area contributed by atoms with Gasteiger partial charge in [0.1, 0.15) is 23.5 Å². The van der Waals surface area contributed by atoms with Crippen molar-refractivity contribution in [3.8, 4) is 29.7 Å². The molecular weight excluding hydrogens is 404 g/mol. The standard InChI is InChI=1S/C25H10N4O3/c26-11-14-5-7-15(8-6-14)24-29-25-21(32-24)10-17(31-25)9-20-22(16(12-27)13-28)18-3-1-2-4-19(18)23(20)30/h1-10H/b20-9-. The number of oxazole rings is 1. The smallest absolute Gasteiger partial charge is 0.266 e. The number of Topliss-reactive ketones (excluding diaryl/α,β-unsaturated/α-hetero) is 1. The van der Waals surface area contributed by atoms with E-state index >= 15 is 0 Å². The van der Waals surface area contributed by atoms with Crippen LogP contribution >= 0.6 is 0 Å². The SMILES string of the molecule is N#CC(C#N)=C1/C(=C/c2cc3oc(-c4ccc(C#N)cc4)nc3o2)C(=O)c2ccccc21. The Hall–Kier alpha value is -5.19. The van der Waals surface area contributed by atoms with Crippen LogP contribution in [0.4, 0.5) is 0 Å². The van der Waals surface area contributed by atoms with Gasteiger partial charge in [0.15, 0.2) is 11.4 Å². The zero-order valence-electron chi connectivity index (χ0n) is 16.3. The lowest BCUT2D eigenvalue weighted by molar-refractivity contribution is 0.104. The molecule has 2 aromatic heterocycles. The molecule has 0 fully saturated rings. The fourth-order valence-electron chi connectivity index (χ4n) is 3.62. The van der Waals surface area contributed by atoms with Crippen molar-refractivity contribution in [2.24, 2.45) is 0 Å². The molecular formula is C25H10N4O3. The second-order valence-electron chi connectivity index (χ2n) is 6.93. The van der Waals surface area contributed by atoms with Crippen LogP contribution in [0.1, 0.15) is 27.2 Å². The summed E-state index contributed by atoms with van der Waals surface area (Å²) in [5, 5.41) is 27.7. The van der Waals surface area contributed by atoms with Crippen LogP contribution < -0.4 is 0 Å². The highest BCUT2D eigenvalue weighted by molar-refractivity contribution is 6.29. The Labute approximate surface area is 181 Å². The van der Waals surface area contributed by atoms with Crippen LogP contribution in [-0.4, -0.2) is 10.8 Å². The predicted octanol–water partition coefficient (Wildman–Crippen LogP) is 5.04. The second kappa shape index (κ2) is 7.25. The minimum Gasteiger partial charge on any atom is -0.436 e. The summed E-state index contributed by atoms with van der Waals surface area (Å²) in [4.78, 5) is 17.3.